The molecule has 0 aromatic heterocycles. The number of hydrogen-bond acceptors (Lipinski definition) is 3. The molecule has 1 aliphatic heterocycles. The molecule has 174 valence electrons. The Morgan fingerprint density at radius 1 is 0.914 bits per heavy atom. The lowest BCUT2D eigenvalue weighted by Gasteiger charge is -2.24. The van der Waals surface area contributed by atoms with Crippen molar-refractivity contribution in [3.05, 3.63) is 118 Å². The molecule has 1 aliphatic rings. The summed E-state index contributed by atoms with van der Waals surface area (Å²) in [7, 11) is 0. The van der Waals surface area contributed by atoms with Gasteiger partial charge in [-0.25, -0.2) is 4.39 Å². The first-order valence-corrected chi connectivity index (χ1v) is 11.4. The molecule has 0 unspecified atom stereocenters. The highest BCUT2D eigenvalue weighted by Crippen LogP contribution is 2.36. The fourth-order valence-corrected chi connectivity index (χ4v) is 4.43. The Morgan fingerprint density at radius 2 is 1.63 bits per heavy atom. The predicted molar refractivity (Wildman–Crippen MR) is 137 cm³/mol. The molecule has 5 rings (SSSR count). The minimum absolute atomic E-state index is 0.0275. The molecule has 0 radical (unpaired) electrons. The standard InChI is InChI=1S/C28H21ClFN3O2/c1-17-14-20(31-27(34)22-12-10-19(30)15-23(22)29)11-13-21(17)28(35)33-16-18-6-2-3-7-24(18)32-25-8-4-5-9-26(25)33/h2-15,32H,16H2,1H3,(H,31,34). The number of halogens is 2. The maximum absolute atomic E-state index is 13.7. The highest BCUT2D eigenvalue weighted by Gasteiger charge is 2.25. The van der Waals surface area contributed by atoms with Crippen LogP contribution in [0.4, 0.5) is 27.1 Å². The van der Waals surface area contributed by atoms with Gasteiger partial charge in [0.05, 0.1) is 28.5 Å². The van der Waals surface area contributed by atoms with Crippen molar-refractivity contribution in [1.29, 1.82) is 0 Å². The maximum Gasteiger partial charge on any atom is 0.258 e. The van der Waals surface area contributed by atoms with E-state index in [0.29, 0.717) is 23.4 Å². The van der Waals surface area contributed by atoms with Crippen LogP contribution in [0.15, 0.2) is 84.9 Å². The average Bonchev–Trinajstić information content (AvgIpc) is 3.00. The van der Waals surface area contributed by atoms with Crippen molar-refractivity contribution in [1.82, 2.24) is 0 Å². The second-order valence-corrected chi connectivity index (χ2v) is 8.71. The van der Waals surface area contributed by atoms with E-state index in [1.165, 1.54) is 12.1 Å². The Kier molecular flexibility index (Phi) is 5.97. The number of rotatable bonds is 3. The van der Waals surface area contributed by atoms with Gasteiger partial charge in [-0.05, 0) is 72.6 Å². The van der Waals surface area contributed by atoms with Crippen molar-refractivity contribution in [2.24, 2.45) is 0 Å². The molecular weight excluding hydrogens is 465 g/mol. The summed E-state index contributed by atoms with van der Waals surface area (Å²) in [6.07, 6.45) is 0. The van der Waals surface area contributed by atoms with Crippen LogP contribution in [-0.4, -0.2) is 11.8 Å². The zero-order valence-corrected chi connectivity index (χ0v) is 19.6. The van der Waals surface area contributed by atoms with Crippen molar-refractivity contribution in [3.8, 4) is 0 Å². The number of para-hydroxylation sites is 3. The van der Waals surface area contributed by atoms with Crippen LogP contribution in [0.3, 0.4) is 0 Å². The van der Waals surface area contributed by atoms with Gasteiger partial charge in [0, 0.05) is 16.9 Å². The van der Waals surface area contributed by atoms with Gasteiger partial charge in [0.15, 0.2) is 0 Å². The van der Waals surface area contributed by atoms with Crippen LogP contribution < -0.4 is 15.5 Å². The van der Waals surface area contributed by atoms with Crippen molar-refractivity contribution < 1.29 is 14.0 Å². The molecule has 0 aliphatic carbocycles. The van der Waals surface area contributed by atoms with E-state index in [0.717, 1.165) is 28.7 Å². The van der Waals surface area contributed by atoms with Crippen LogP contribution >= 0.6 is 11.6 Å². The van der Waals surface area contributed by atoms with Gasteiger partial charge in [-0.2, -0.15) is 0 Å². The number of carbonyl (C=O) groups excluding carboxylic acids is 2. The number of fused-ring (bicyclic) bond motifs is 2. The Labute approximate surface area is 207 Å². The Morgan fingerprint density at radius 3 is 2.40 bits per heavy atom. The van der Waals surface area contributed by atoms with Crippen LogP contribution in [-0.2, 0) is 6.54 Å². The average molecular weight is 486 g/mol. The fourth-order valence-electron chi connectivity index (χ4n) is 4.18. The number of anilines is 4. The van der Waals surface area contributed by atoms with Gasteiger partial charge in [-0.3, -0.25) is 9.59 Å². The van der Waals surface area contributed by atoms with Gasteiger partial charge in [0.2, 0.25) is 0 Å². The lowest BCUT2D eigenvalue weighted by Crippen LogP contribution is -2.30. The number of carbonyl (C=O) groups is 2. The van der Waals surface area contributed by atoms with Crippen molar-refractivity contribution in [2.45, 2.75) is 13.5 Å². The number of aryl methyl sites for hydroxylation is 1. The molecule has 0 atom stereocenters. The quantitative estimate of drug-likeness (QED) is 0.330. The summed E-state index contributed by atoms with van der Waals surface area (Å²) >= 11 is 6.01. The maximum atomic E-state index is 13.7. The minimum atomic E-state index is -0.516. The van der Waals surface area contributed by atoms with Gasteiger partial charge >= 0.3 is 0 Å². The van der Waals surface area contributed by atoms with Crippen LogP contribution in [0.25, 0.3) is 0 Å². The van der Waals surface area contributed by atoms with E-state index < -0.39 is 11.7 Å². The monoisotopic (exact) mass is 485 g/mol. The first-order valence-electron chi connectivity index (χ1n) is 11.0. The third-order valence-corrected chi connectivity index (χ3v) is 6.26. The summed E-state index contributed by atoms with van der Waals surface area (Å²) in [5.74, 6) is -1.12. The zero-order valence-electron chi connectivity index (χ0n) is 18.8. The second kappa shape index (κ2) is 9.24. The van der Waals surface area contributed by atoms with Crippen LogP contribution in [0.1, 0.15) is 31.8 Å². The number of amides is 2. The molecule has 1 heterocycles. The van der Waals surface area contributed by atoms with Crippen molar-refractivity contribution >= 4 is 46.2 Å². The van der Waals surface area contributed by atoms with E-state index in [4.69, 9.17) is 11.6 Å². The van der Waals surface area contributed by atoms with E-state index in [9.17, 15) is 14.0 Å². The topological polar surface area (TPSA) is 61.4 Å². The normalized spacial score (nSPS) is 12.1. The van der Waals surface area contributed by atoms with Crippen LogP contribution in [0.2, 0.25) is 5.02 Å². The molecule has 7 heteroatoms. The number of nitrogens with zero attached hydrogens (tertiary/aromatic N) is 1. The molecule has 0 saturated heterocycles. The Bertz CT molecular complexity index is 1470. The smallest absolute Gasteiger partial charge is 0.258 e. The van der Waals surface area contributed by atoms with Crippen LogP contribution in [0.5, 0.6) is 0 Å². The summed E-state index contributed by atoms with van der Waals surface area (Å²) in [6, 6.07) is 24.3. The van der Waals surface area contributed by atoms with E-state index in [1.54, 1.807) is 23.1 Å². The molecule has 0 fully saturated rings. The first-order chi connectivity index (χ1) is 16.9. The van der Waals surface area contributed by atoms with Crippen molar-refractivity contribution in [2.75, 3.05) is 15.5 Å². The van der Waals surface area contributed by atoms with Gasteiger partial charge < -0.3 is 15.5 Å². The third kappa shape index (κ3) is 4.48. The van der Waals surface area contributed by atoms with E-state index >= 15 is 0 Å². The van der Waals surface area contributed by atoms with Crippen molar-refractivity contribution in [3.63, 3.8) is 0 Å². The van der Waals surface area contributed by atoms with Crippen LogP contribution in [0, 0.1) is 12.7 Å². The zero-order chi connectivity index (χ0) is 24.5. The summed E-state index contributed by atoms with van der Waals surface area (Å²) in [6.45, 7) is 2.24. The summed E-state index contributed by atoms with van der Waals surface area (Å²) < 4.78 is 13.3. The highest BCUT2D eigenvalue weighted by atomic mass is 35.5. The Hall–Kier alpha value is -4.16. The van der Waals surface area contributed by atoms with Gasteiger partial charge in [0.25, 0.3) is 11.8 Å². The van der Waals surface area contributed by atoms with Gasteiger partial charge in [-0.15, -0.1) is 0 Å². The molecule has 2 amide bonds. The molecule has 4 aromatic carbocycles. The molecular formula is C28H21ClFN3O2. The lowest BCUT2D eigenvalue weighted by molar-refractivity contribution is 0.0983. The lowest BCUT2D eigenvalue weighted by atomic mass is 10.0. The second-order valence-electron chi connectivity index (χ2n) is 8.30. The van der Waals surface area contributed by atoms with E-state index in [2.05, 4.69) is 10.6 Å². The minimum Gasteiger partial charge on any atom is -0.354 e. The summed E-state index contributed by atoms with van der Waals surface area (Å²) in [4.78, 5) is 28.1. The molecule has 5 nitrogen and oxygen atoms in total. The third-order valence-electron chi connectivity index (χ3n) is 5.95. The van der Waals surface area contributed by atoms with E-state index in [1.807, 2.05) is 55.5 Å². The largest absolute Gasteiger partial charge is 0.354 e. The van der Waals surface area contributed by atoms with Gasteiger partial charge in [-0.1, -0.05) is 41.9 Å². The number of hydrogen-bond donors (Lipinski definition) is 2. The Balaban J connectivity index is 1.43. The molecule has 2 N–H and O–H groups in total. The predicted octanol–water partition coefficient (Wildman–Crippen LogP) is 6.94. The molecule has 0 spiro atoms. The van der Waals surface area contributed by atoms with E-state index in [-0.39, 0.29) is 16.5 Å². The highest BCUT2D eigenvalue weighted by molar-refractivity contribution is 6.34. The molecule has 4 aromatic rings. The molecule has 35 heavy (non-hydrogen) atoms. The van der Waals surface area contributed by atoms with Gasteiger partial charge in [0.1, 0.15) is 5.82 Å². The summed E-state index contributed by atoms with van der Waals surface area (Å²) in [5, 5.41) is 6.22. The molecule has 0 saturated carbocycles. The SMILES string of the molecule is Cc1cc(NC(=O)c2ccc(F)cc2Cl)ccc1C(=O)N1Cc2ccccc2Nc2ccccc21. The fraction of sp³-hybridized carbons (Fsp3) is 0.0714. The number of benzene rings is 4. The number of nitrogens with one attached hydrogen (secondary N) is 2. The summed E-state index contributed by atoms with van der Waals surface area (Å²) in [5.41, 5.74) is 5.52. The molecule has 0 bridgehead atoms. The first kappa shape index (κ1) is 22.6.